The van der Waals surface area contributed by atoms with E-state index in [9.17, 15) is 13.5 Å². The van der Waals surface area contributed by atoms with E-state index in [2.05, 4.69) is 25.1 Å². The summed E-state index contributed by atoms with van der Waals surface area (Å²) in [6.07, 6.45) is 13.2. The van der Waals surface area contributed by atoms with Gasteiger partial charge < -0.3 is 9.59 Å². The Morgan fingerprint density at radius 2 is 1.37 bits per heavy atom. The molecule has 2 N–H and O–H groups in total. The molecule has 30 heavy (non-hydrogen) atoms. The van der Waals surface area contributed by atoms with Gasteiger partial charge in [-0.1, -0.05) is 89.0 Å². The van der Waals surface area contributed by atoms with Gasteiger partial charge in [-0.3, -0.25) is 4.55 Å². The maximum Gasteiger partial charge on any atom is 0.267 e. The smallest absolute Gasteiger partial charge is 0.267 e. The highest BCUT2D eigenvalue weighted by atomic mass is 32.2. The number of likely N-dealkylation sites (N-methyl/N-ethyl adjacent to an activating group) is 1. The van der Waals surface area contributed by atoms with Gasteiger partial charge in [0.1, 0.15) is 24.9 Å². The van der Waals surface area contributed by atoms with Gasteiger partial charge in [0.05, 0.1) is 14.1 Å². The number of aliphatic hydroxyl groups is 1. The number of quaternary nitrogens is 1. The molecule has 1 atom stereocenters. The standard InChI is InChI=1S/C24H43NO4S/c1-4-5-6-7-8-9-10-11-12-13-16-22-17-14-15-18-23(22)19-25(2,3)20-24(26)21-30(27,28)29/h14-15,17-18,24,26H,4-13,16,19-21H2,1-3H3/p+1. The fraction of sp³-hybridized carbons (Fsp3) is 0.750. The highest BCUT2D eigenvalue weighted by molar-refractivity contribution is 7.85. The number of unbranched alkanes of at least 4 members (excludes halogenated alkanes) is 9. The molecule has 0 aromatic heterocycles. The van der Waals surface area contributed by atoms with Gasteiger partial charge in [-0.15, -0.1) is 0 Å². The maximum absolute atomic E-state index is 11.0. The zero-order chi connectivity index (χ0) is 22.5. The van der Waals surface area contributed by atoms with Crippen molar-refractivity contribution in [2.75, 3.05) is 26.4 Å². The third kappa shape index (κ3) is 13.4. The Morgan fingerprint density at radius 3 is 1.90 bits per heavy atom. The van der Waals surface area contributed by atoms with Crippen LogP contribution in [0.15, 0.2) is 24.3 Å². The van der Waals surface area contributed by atoms with E-state index in [0.717, 1.165) is 13.0 Å². The number of benzene rings is 1. The largest absolute Gasteiger partial charge is 0.386 e. The summed E-state index contributed by atoms with van der Waals surface area (Å²) in [5, 5.41) is 10.0. The Kier molecular flexibility index (Phi) is 12.8. The molecule has 1 rings (SSSR count). The molecule has 0 spiro atoms. The Hall–Kier alpha value is -0.950. The van der Waals surface area contributed by atoms with Crippen LogP contribution in [-0.4, -0.2) is 55.1 Å². The van der Waals surface area contributed by atoms with Gasteiger partial charge in [-0.2, -0.15) is 8.42 Å². The molecule has 0 amide bonds. The number of rotatable bonds is 17. The Balaban J connectivity index is 2.39. The lowest BCUT2D eigenvalue weighted by atomic mass is 9.99. The van der Waals surface area contributed by atoms with Crippen LogP contribution in [0.3, 0.4) is 0 Å². The SMILES string of the molecule is CCCCCCCCCCCCc1ccccc1C[N+](C)(C)CC(O)CS(=O)(=O)O. The first kappa shape index (κ1) is 27.1. The lowest BCUT2D eigenvalue weighted by molar-refractivity contribution is -0.906. The van der Waals surface area contributed by atoms with Crippen LogP contribution in [0, 0.1) is 0 Å². The second-order valence-corrected chi connectivity index (χ2v) is 10.9. The van der Waals surface area contributed by atoms with Gasteiger partial charge >= 0.3 is 0 Å². The van der Waals surface area contributed by atoms with Crippen LogP contribution in [-0.2, 0) is 23.1 Å². The Bertz CT molecular complexity index is 688. The molecule has 0 bridgehead atoms. The molecule has 1 unspecified atom stereocenters. The van der Waals surface area contributed by atoms with E-state index in [1.165, 1.54) is 75.3 Å². The lowest BCUT2D eigenvalue weighted by Crippen LogP contribution is -2.46. The minimum Gasteiger partial charge on any atom is -0.386 e. The highest BCUT2D eigenvalue weighted by Crippen LogP contribution is 2.19. The van der Waals surface area contributed by atoms with E-state index in [0.29, 0.717) is 4.48 Å². The number of nitrogens with zero attached hydrogens (tertiary/aromatic N) is 1. The second-order valence-electron chi connectivity index (χ2n) is 9.38. The molecule has 0 saturated carbocycles. The van der Waals surface area contributed by atoms with E-state index in [1.807, 2.05) is 20.2 Å². The van der Waals surface area contributed by atoms with Gasteiger partial charge in [0.2, 0.25) is 0 Å². The van der Waals surface area contributed by atoms with Gasteiger partial charge in [-0.25, -0.2) is 0 Å². The monoisotopic (exact) mass is 442 g/mol. The second kappa shape index (κ2) is 14.2. The van der Waals surface area contributed by atoms with E-state index < -0.39 is 22.0 Å². The van der Waals surface area contributed by atoms with Crippen molar-refractivity contribution in [3.05, 3.63) is 35.4 Å². The van der Waals surface area contributed by atoms with E-state index >= 15 is 0 Å². The van der Waals surface area contributed by atoms with Crippen molar-refractivity contribution >= 4 is 10.1 Å². The molecule has 0 aliphatic rings. The van der Waals surface area contributed by atoms with Gasteiger partial charge in [0, 0.05) is 5.56 Å². The summed E-state index contributed by atoms with van der Waals surface area (Å²) in [4.78, 5) is 0. The van der Waals surface area contributed by atoms with E-state index in [4.69, 9.17) is 4.55 Å². The molecule has 1 aromatic rings. The Morgan fingerprint density at radius 1 is 0.867 bits per heavy atom. The summed E-state index contributed by atoms with van der Waals surface area (Å²) in [5.41, 5.74) is 2.59. The molecule has 5 nitrogen and oxygen atoms in total. The van der Waals surface area contributed by atoms with Crippen molar-refractivity contribution < 1.29 is 22.6 Å². The molecule has 6 heteroatoms. The molecular formula is C24H44NO4S+. The van der Waals surface area contributed by atoms with Gasteiger partial charge in [0.25, 0.3) is 10.1 Å². The quantitative estimate of drug-likeness (QED) is 0.203. The van der Waals surface area contributed by atoms with Crippen molar-refractivity contribution in [3.63, 3.8) is 0 Å². The molecule has 174 valence electrons. The molecule has 0 saturated heterocycles. The lowest BCUT2D eigenvalue weighted by Gasteiger charge is -2.32. The van der Waals surface area contributed by atoms with Crippen LogP contribution in [0.5, 0.6) is 0 Å². The molecule has 0 radical (unpaired) electrons. The highest BCUT2D eigenvalue weighted by Gasteiger charge is 2.25. The number of aliphatic hydroxyl groups excluding tert-OH is 1. The van der Waals surface area contributed by atoms with Crippen LogP contribution in [0.1, 0.15) is 82.3 Å². The summed E-state index contributed by atoms with van der Waals surface area (Å²) >= 11 is 0. The predicted molar refractivity (Wildman–Crippen MR) is 125 cm³/mol. The summed E-state index contributed by atoms with van der Waals surface area (Å²) in [5.74, 6) is -0.616. The summed E-state index contributed by atoms with van der Waals surface area (Å²) in [7, 11) is -0.211. The van der Waals surface area contributed by atoms with Crippen molar-refractivity contribution in [1.82, 2.24) is 0 Å². The summed E-state index contributed by atoms with van der Waals surface area (Å²) in [6.45, 7) is 3.24. The Labute approximate surface area is 184 Å². The van der Waals surface area contributed by atoms with Crippen LogP contribution >= 0.6 is 0 Å². The van der Waals surface area contributed by atoms with Crippen LogP contribution < -0.4 is 0 Å². The van der Waals surface area contributed by atoms with Crippen molar-refractivity contribution in [1.29, 1.82) is 0 Å². The molecule has 1 aromatic carbocycles. The topological polar surface area (TPSA) is 74.6 Å². The molecular weight excluding hydrogens is 398 g/mol. The third-order valence-electron chi connectivity index (χ3n) is 5.62. The van der Waals surface area contributed by atoms with Crippen LogP contribution in [0.4, 0.5) is 0 Å². The first-order valence-corrected chi connectivity index (χ1v) is 13.3. The first-order valence-electron chi connectivity index (χ1n) is 11.6. The normalized spacial score (nSPS) is 13.5. The molecule has 0 aliphatic carbocycles. The minimum atomic E-state index is -4.16. The fourth-order valence-corrected chi connectivity index (χ4v) is 4.74. The van der Waals surface area contributed by atoms with Gasteiger partial charge in [-0.05, 0) is 18.4 Å². The molecule has 0 heterocycles. The maximum atomic E-state index is 11.0. The number of aryl methyl sites for hydroxylation is 1. The molecule has 0 fully saturated rings. The molecule has 0 aliphatic heterocycles. The van der Waals surface area contributed by atoms with Crippen molar-refractivity contribution in [3.8, 4) is 0 Å². The minimum absolute atomic E-state index is 0.270. The summed E-state index contributed by atoms with van der Waals surface area (Å²) < 4.78 is 31.4. The number of hydrogen-bond donors (Lipinski definition) is 2. The third-order valence-corrected chi connectivity index (χ3v) is 6.43. The van der Waals surface area contributed by atoms with Crippen LogP contribution in [0.2, 0.25) is 0 Å². The average Bonchev–Trinajstić information content (AvgIpc) is 2.62. The van der Waals surface area contributed by atoms with E-state index in [-0.39, 0.29) is 6.54 Å². The average molecular weight is 443 g/mol. The van der Waals surface area contributed by atoms with Crippen LogP contribution in [0.25, 0.3) is 0 Å². The van der Waals surface area contributed by atoms with E-state index in [1.54, 1.807) is 0 Å². The first-order chi connectivity index (χ1) is 14.1. The van der Waals surface area contributed by atoms with Crippen molar-refractivity contribution in [2.45, 2.75) is 90.2 Å². The van der Waals surface area contributed by atoms with Crippen molar-refractivity contribution in [2.24, 2.45) is 0 Å². The predicted octanol–water partition coefficient (Wildman–Crippen LogP) is 4.98. The fourth-order valence-electron chi connectivity index (χ4n) is 4.15. The summed E-state index contributed by atoms with van der Waals surface area (Å²) in [6, 6.07) is 8.41. The van der Waals surface area contributed by atoms with Gasteiger partial charge in [0.15, 0.2) is 0 Å². The zero-order valence-electron chi connectivity index (χ0n) is 19.4. The zero-order valence-corrected chi connectivity index (χ0v) is 20.2. The number of hydrogen-bond acceptors (Lipinski definition) is 3.